The highest BCUT2D eigenvalue weighted by molar-refractivity contribution is 4.98. The van der Waals surface area contributed by atoms with Crippen molar-refractivity contribution in [2.24, 2.45) is 11.8 Å². The molecule has 0 aromatic rings. The highest BCUT2D eigenvalue weighted by Gasteiger charge is 2.44. The fourth-order valence-corrected chi connectivity index (χ4v) is 2.48. The Morgan fingerprint density at radius 2 is 2.33 bits per heavy atom. The Labute approximate surface area is 74.0 Å². The third kappa shape index (κ3) is 1.61. The summed E-state index contributed by atoms with van der Waals surface area (Å²) in [6, 6.07) is 2.92. The molecule has 2 nitrogen and oxygen atoms in total. The van der Waals surface area contributed by atoms with Crippen LogP contribution in [-0.2, 0) is 0 Å². The van der Waals surface area contributed by atoms with E-state index in [2.05, 4.69) is 11.4 Å². The first kappa shape index (κ1) is 8.07. The van der Waals surface area contributed by atoms with Gasteiger partial charge in [-0.2, -0.15) is 5.26 Å². The minimum atomic E-state index is 0.661. The molecule has 0 radical (unpaired) electrons. The molecule has 0 amide bonds. The van der Waals surface area contributed by atoms with E-state index in [1.807, 2.05) is 0 Å². The molecule has 3 atom stereocenters. The van der Waals surface area contributed by atoms with Gasteiger partial charge in [-0.25, -0.2) is 0 Å². The summed E-state index contributed by atoms with van der Waals surface area (Å²) in [5, 5.41) is 11.9. The molecule has 0 heterocycles. The maximum atomic E-state index is 8.38. The van der Waals surface area contributed by atoms with Crippen LogP contribution in [0.5, 0.6) is 0 Å². The minimum Gasteiger partial charge on any atom is -0.313 e. The molecule has 0 bridgehead atoms. The first-order valence-corrected chi connectivity index (χ1v) is 5.02. The van der Waals surface area contributed by atoms with Gasteiger partial charge in [-0.1, -0.05) is 12.8 Å². The lowest BCUT2D eigenvalue weighted by Crippen LogP contribution is -2.34. The Morgan fingerprint density at radius 1 is 1.42 bits per heavy atom. The number of fused-ring (bicyclic) bond motifs is 1. The minimum absolute atomic E-state index is 0.661. The molecule has 2 aliphatic carbocycles. The van der Waals surface area contributed by atoms with Crippen LogP contribution in [-0.4, -0.2) is 12.6 Å². The van der Waals surface area contributed by atoms with E-state index in [0.717, 1.165) is 24.4 Å². The highest BCUT2D eigenvalue weighted by atomic mass is 14.9. The number of nitriles is 1. The number of hydrogen-bond donors (Lipinski definition) is 1. The van der Waals surface area contributed by atoms with Gasteiger partial charge in [0.05, 0.1) is 6.07 Å². The highest BCUT2D eigenvalue weighted by Crippen LogP contribution is 2.49. The third-order valence-electron chi connectivity index (χ3n) is 3.23. The summed E-state index contributed by atoms with van der Waals surface area (Å²) >= 11 is 0. The third-order valence-corrected chi connectivity index (χ3v) is 3.23. The van der Waals surface area contributed by atoms with Crippen LogP contribution in [0, 0.1) is 23.2 Å². The summed E-state index contributed by atoms with van der Waals surface area (Å²) in [6.45, 7) is 0.893. The lowest BCUT2D eigenvalue weighted by atomic mass is 9.95. The summed E-state index contributed by atoms with van der Waals surface area (Å²) in [5.41, 5.74) is 0. The Bertz CT molecular complexity index is 195. The molecule has 2 saturated carbocycles. The van der Waals surface area contributed by atoms with Crippen LogP contribution in [0.3, 0.4) is 0 Å². The van der Waals surface area contributed by atoms with E-state index in [9.17, 15) is 0 Å². The molecule has 2 fully saturated rings. The van der Waals surface area contributed by atoms with Crippen molar-refractivity contribution in [2.75, 3.05) is 6.54 Å². The zero-order chi connectivity index (χ0) is 8.39. The van der Waals surface area contributed by atoms with E-state index < -0.39 is 0 Å². The zero-order valence-corrected chi connectivity index (χ0v) is 7.42. The van der Waals surface area contributed by atoms with Crippen LogP contribution in [0.1, 0.15) is 32.1 Å². The van der Waals surface area contributed by atoms with Gasteiger partial charge in [-0.3, -0.25) is 0 Å². The van der Waals surface area contributed by atoms with Crippen molar-refractivity contribution in [1.82, 2.24) is 5.32 Å². The first-order valence-electron chi connectivity index (χ1n) is 5.02. The van der Waals surface area contributed by atoms with Gasteiger partial charge in [0.1, 0.15) is 0 Å². The largest absolute Gasteiger partial charge is 0.313 e. The van der Waals surface area contributed by atoms with Crippen molar-refractivity contribution in [3.63, 3.8) is 0 Å². The second kappa shape index (κ2) is 3.45. The van der Waals surface area contributed by atoms with Gasteiger partial charge in [0.25, 0.3) is 0 Å². The molecule has 0 spiro atoms. The molecule has 0 aliphatic heterocycles. The number of rotatable bonds is 3. The van der Waals surface area contributed by atoms with Crippen molar-refractivity contribution >= 4 is 0 Å². The molecule has 2 aliphatic rings. The summed E-state index contributed by atoms with van der Waals surface area (Å²) in [4.78, 5) is 0. The van der Waals surface area contributed by atoms with Crippen molar-refractivity contribution in [2.45, 2.75) is 38.1 Å². The Balaban J connectivity index is 1.70. The molecule has 2 heteroatoms. The van der Waals surface area contributed by atoms with Crippen LogP contribution in [0.25, 0.3) is 0 Å². The molecule has 0 aromatic heterocycles. The van der Waals surface area contributed by atoms with E-state index in [4.69, 9.17) is 5.26 Å². The molecule has 0 aromatic carbocycles. The molecule has 66 valence electrons. The van der Waals surface area contributed by atoms with Crippen LogP contribution in [0.15, 0.2) is 0 Å². The summed E-state index contributed by atoms with van der Waals surface area (Å²) in [6.07, 6.45) is 6.30. The maximum Gasteiger partial charge on any atom is 0.0635 e. The van der Waals surface area contributed by atoms with Crippen molar-refractivity contribution in [3.8, 4) is 6.07 Å². The number of nitrogens with zero attached hydrogens (tertiary/aromatic N) is 1. The van der Waals surface area contributed by atoms with Gasteiger partial charge < -0.3 is 5.32 Å². The van der Waals surface area contributed by atoms with Crippen molar-refractivity contribution < 1.29 is 0 Å². The van der Waals surface area contributed by atoms with Crippen LogP contribution in [0.4, 0.5) is 0 Å². The molecule has 0 saturated heterocycles. The number of nitrogens with one attached hydrogen (secondary N) is 1. The van der Waals surface area contributed by atoms with Gasteiger partial charge in [0, 0.05) is 19.0 Å². The maximum absolute atomic E-state index is 8.38. The second-order valence-corrected chi connectivity index (χ2v) is 4.06. The monoisotopic (exact) mass is 164 g/mol. The van der Waals surface area contributed by atoms with Crippen LogP contribution >= 0.6 is 0 Å². The Morgan fingerprint density at radius 3 is 3.17 bits per heavy atom. The first-order chi connectivity index (χ1) is 5.92. The quantitative estimate of drug-likeness (QED) is 0.644. The fraction of sp³-hybridized carbons (Fsp3) is 0.900. The number of hydrogen-bond acceptors (Lipinski definition) is 2. The van der Waals surface area contributed by atoms with Crippen molar-refractivity contribution in [1.29, 1.82) is 5.26 Å². The van der Waals surface area contributed by atoms with Crippen molar-refractivity contribution in [3.05, 3.63) is 0 Å². The normalized spacial score (nSPS) is 38.4. The molecule has 2 rings (SSSR count). The van der Waals surface area contributed by atoms with Crippen LogP contribution in [0.2, 0.25) is 0 Å². The van der Waals surface area contributed by atoms with Gasteiger partial charge in [0.15, 0.2) is 0 Å². The lowest BCUT2D eigenvalue weighted by molar-refractivity contribution is 0.357. The second-order valence-electron chi connectivity index (χ2n) is 4.06. The van der Waals surface area contributed by atoms with Gasteiger partial charge in [-0.15, -0.1) is 0 Å². The topological polar surface area (TPSA) is 35.8 Å². The smallest absolute Gasteiger partial charge is 0.0635 e. The summed E-state index contributed by atoms with van der Waals surface area (Å²) in [5.74, 6) is 2.01. The molecule has 1 N–H and O–H groups in total. The average molecular weight is 164 g/mol. The summed E-state index contributed by atoms with van der Waals surface area (Å²) < 4.78 is 0. The fourth-order valence-electron chi connectivity index (χ4n) is 2.48. The van der Waals surface area contributed by atoms with Crippen LogP contribution < -0.4 is 5.32 Å². The Kier molecular flexibility index (Phi) is 2.32. The lowest BCUT2D eigenvalue weighted by Gasteiger charge is -2.21. The van der Waals surface area contributed by atoms with E-state index in [-0.39, 0.29) is 0 Å². The van der Waals surface area contributed by atoms with Gasteiger partial charge >= 0.3 is 0 Å². The SMILES string of the molecule is N#CCCNC1CCC[C@@H]2C[C@H]12. The molecular formula is C10H16N2. The van der Waals surface area contributed by atoms with E-state index in [1.165, 1.54) is 25.7 Å². The average Bonchev–Trinajstić information content (AvgIpc) is 2.84. The predicted molar refractivity (Wildman–Crippen MR) is 47.5 cm³/mol. The van der Waals surface area contributed by atoms with Gasteiger partial charge in [-0.05, 0) is 24.7 Å². The van der Waals surface area contributed by atoms with Gasteiger partial charge in [0.2, 0.25) is 0 Å². The Hall–Kier alpha value is -0.550. The predicted octanol–water partition coefficient (Wildman–Crippen LogP) is 1.68. The van der Waals surface area contributed by atoms with E-state index in [1.54, 1.807) is 0 Å². The standard InChI is InChI=1S/C10H16N2/c11-5-2-6-12-10-4-1-3-8-7-9(8)10/h8-10,12H,1-4,6-7H2/t8-,9+,10?/m1/s1. The molecule has 1 unspecified atom stereocenters. The zero-order valence-electron chi connectivity index (χ0n) is 7.42. The summed E-state index contributed by atoms with van der Waals surface area (Å²) in [7, 11) is 0. The van der Waals surface area contributed by atoms with E-state index >= 15 is 0 Å². The molecular weight excluding hydrogens is 148 g/mol. The van der Waals surface area contributed by atoms with E-state index in [0.29, 0.717) is 6.42 Å². The molecule has 12 heavy (non-hydrogen) atoms.